The number of hydrogen-bond donors (Lipinski definition) is 1. The van der Waals surface area contributed by atoms with Gasteiger partial charge in [0.25, 0.3) is 0 Å². The molecule has 2 aromatic heterocycles. The maximum atomic E-state index is 10.9. The summed E-state index contributed by atoms with van der Waals surface area (Å²) in [7, 11) is 0. The van der Waals surface area contributed by atoms with E-state index in [1.54, 1.807) is 18.5 Å². The molecule has 4 heteroatoms. The van der Waals surface area contributed by atoms with Crippen molar-refractivity contribution >= 4 is 11.6 Å². The first-order valence-electron chi connectivity index (χ1n) is 4.80. The van der Waals surface area contributed by atoms with Gasteiger partial charge in [-0.3, -0.25) is 0 Å². The van der Waals surface area contributed by atoms with Crippen molar-refractivity contribution in [2.45, 2.75) is 19.8 Å². The lowest BCUT2D eigenvalue weighted by Gasteiger charge is -2.08. The van der Waals surface area contributed by atoms with Gasteiger partial charge in [0.15, 0.2) is 5.65 Å². The molecular formula is C11H12N2O2. The van der Waals surface area contributed by atoms with Crippen molar-refractivity contribution in [1.29, 1.82) is 0 Å². The average molecular weight is 204 g/mol. The second-order valence-corrected chi connectivity index (χ2v) is 3.75. The highest BCUT2D eigenvalue weighted by Gasteiger charge is 2.13. The molecule has 0 atom stereocenters. The topological polar surface area (TPSA) is 54.6 Å². The van der Waals surface area contributed by atoms with Crippen LogP contribution in [0.4, 0.5) is 0 Å². The Labute approximate surface area is 87.2 Å². The van der Waals surface area contributed by atoms with Gasteiger partial charge >= 0.3 is 5.97 Å². The van der Waals surface area contributed by atoms with E-state index < -0.39 is 5.97 Å². The number of fused-ring (bicyclic) bond motifs is 1. The first kappa shape index (κ1) is 9.71. The van der Waals surface area contributed by atoms with Crippen molar-refractivity contribution in [3.8, 4) is 0 Å². The molecule has 2 heterocycles. The second kappa shape index (κ2) is 3.38. The van der Waals surface area contributed by atoms with Crippen molar-refractivity contribution in [3.05, 3.63) is 35.8 Å². The summed E-state index contributed by atoms with van der Waals surface area (Å²) in [6.45, 7) is 4.13. The lowest BCUT2D eigenvalue weighted by molar-refractivity contribution is 0.0699. The quantitative estimate of drug-likeness (QED) is 0.815. The van der Waals surface area contributed by atoms with Crippen LogP contribution >= 0.6 is 0 Å². The van der Waals surface area contributed by atoms with Gasteiger partial charge in [-0.1, -0.05) is 13.8 Å². The first-order valence-corrected chi connectivity index (χ1v) is 4.80. The largest absolute Gasteiger partial charge is 0.478 e. The molecule has 0 aliphatic rings. The van der Waals surface area contributed by atoms with E-state index in [4.69, 9.17) is 5.11 Å². The van der Waals surface area contributed by atoms with Crippen molar-refractivity contribution in [3.63, 3.8) is 0 Å². The molecule has 2 rings (SSSR count). The fraction of sp³-hybridized carbons (Fsp3) is 0.273. The fourth-order valence-electron chi connectivity index (χ4n) is 1.67. The third-order valence-electron chi connectivity index (χ3n) is 2.40. The van der Waals surface area contributed by atoms with Gasteiger partial charge in [0.2, 0.25) is 0 Å². The molecule has 0 saturated carbocycles. The molecule has 0 fully saturated rings. The van der Waals surface area contributed by atoms with Crippen LogP contribution in [0.25, 0.3) is 5.65 Å². The first-order chi connectivity index (χ1) is 7.11. The monoisotopic (exact) mass is 204 g/mol. The number of hydrogen-bond acceptors (Lipinski definition) is 2. The molecule has 0 unspecified atom stereocenters. The van der Waals surface area contributed by atoms with Crippen LogP contribution in [-0.2, 0) is 0 Å². The molecule has 78 valence electrons. The van der Waals surface area contributed by atoms with Gasteiger partial charge in [0.05, 0.1) is 0 Å². The molecule has 0 bridgehead atoms. The van der Waals surface area contributed by atoms with Crippen molar-refractivity contribution in [2.75, 3.05) is 0 Å². The minimum absolute atomic E-state index is 0.248. The number of carbonyl (C=O) groups is 1. The van der Waals surface area contributed by atoms with Gasteiger partial charge in [-0.2, -0.15) is 0 Å². The van der Waals surface area contributed by atoms with Gasteiger partial charge in [0.1, 0.15) is 5.56 Å². The number of aromatic nitrogens is 2. The Morgan fingerprint density at radius 2 is 2.20 bits per heavy atom. The summed E-state index contributed by atoms with van der Waals surface area (Å²) >= 11 is 0. The van der Waals surface area contributed by atoms with Crippen LogP contribution in [0, 0.1) is 0 Å². The zero-order chi connectivity index (χ0) is 11.0. The van der Waals surface area contributed by atoms with Crippen LogP contribution in [0.2, 0.25) is 0 Å². The van der Waals surface area contributed by atoms with E-state index in [1.807, 2.05) is 10.5 Å². The van der Waals surface area contributed by atoms with Gasteiger partial charge in [-0.25, -0.2) is 9.78 Å². The van der Waals surface area contributed by atoms with Crippen molar-refractivity contribution in [1.82, 2.24) is 9.38 Å². The predicted octanol–water partition coefficient (Wildman–Crippen LogP) is 2.16. The normalized spacial score (nSPS) is 11.1. The Morgan fingerprint density at radius 1 is 1.47 bits per heavy atom. The third kappa shape index (κ3) is 1.48. The predicted molar refractivity (Wildman–Crippen MR) is 56.2 cm³/mol. The molecule has 0 aromatic carbocycles. The molecule has 4 nitrogen and oxygen atoms in total. The maximum Gasteiger partial charge on any atom is 0.339 e. The van der Waals surface area contributed by atoms with Crippen LogP contribution in [0.5, 0.6) is 0 Å². The van der Waals surface area contributed by atoms with E-state index >= 15 is 0 Å². The van der Waals surface area contributed by atoms with Crippen LogP contribution in [-0.4, -0.2) is 20.5 Å². The minimum atomic E-state index is -0.939. The maximum absolute atomic E-state index is 10.9. The number of rotatable bonds is 2. The molecule has 2 aromatic rings. The van der Waals surface area contributed by atoms with Crippen LogP contribution in [0.3, 0.4) is 0 Å². The van der Waals surface area contributed by atoms with E-state index in [2.05, 4.69) is 18.8 Å². The Morgan fingerprint density at radius 3 is 2.80 bits per heavy atom. The molecule has 0 aliphatic heterocycles. The highest BCUT2D eigenvalue weighted by molar-refractivity contribution is 5.94. The van der Waals surface area contributed by atoms with E-state index in [9.17, 15) is 4.79 Å². The zero-order valence-corrected chi connectivity index (χ0v) is 8.64. The summed E-state index contributed by atoms with van der Waals surface area (Å²) < 4.78 is 1.83. The van der Waals surface area contributed by atoms with Crippen LogP contribution in [0.1, 0.15) is 35.8 Å². The average Bonchev–Trinajstić information content (AvgIpc) is 2.59. The highest BCUT2D eigenvalue weighted by Crippen LogP contribution is 2.18. The zero-order valence-electron chi connectivity index (χ0n) is 8.64. The van der Waals surface area contributed by atoms with Gasteiger partial charge in [0, 0.05) is 18.1 Å². The molecule has 1 N–H and O–H groups in total. The Hall–Kier alpha value is -1.84. The lowest BCUT2D eigenvalue weighted by Crippen LogP contribution is -2.02. The minimum Gasteiger partial charge on any atom is -0.478 e. The molecule has 0 spiro atoms. The Bertz CT molecular complexity index is 514. The van der Waals surface area contributed by atoms with E-state index in [0.29, 0.717) is 11.6 Å². The fourth-order valence-corrected chi connectivity index (χ4v) is 1.67. The Kier molecular flexibility index (Phi) is 2.19. The van der Waals surface area contributed by atoms with E-state index in [0.717, 1.165) is 5.69 Å². The molecule has 0 aliphatic carbocycles. The number of carboxylic acids is 1. The Balaban J connectivity index is 2.74. The van der Waals surface area contributed by atoms with Gasteiger partial charge < -0.3 is 9.51 Å². The molecule has 0 radical (unpaired) electrons. The number of aromatic carboxylic acids is 1. The van der Waals surface area contributed by atoms with Crippen molar-refractivity contribution < 1.29 is 9.90 Å². The molecular weight excluding hydrogens is 192 g/mol. The SMILES string of the molecule is CC(C)c1ccnc2c(C(=O)O)ccn12. The molecule has 0 amide bonds. The van der Waals surface area contributed by atoms with E-state index in [-0.39, 0.29) is 5.56 Å². The van der Waals surface area contributed by atoms with Crippen LogP contribution < -0.4 is 0 Å². The van der Waals surface area contributed by atoms with Gasteiger partial charge in [-0.15, -0.1) is 0 Å². The summed E-state index contributed by atoms with van der Waals surface area (Å²) in [5.74, 6) is -0.601. The third-order valence-corrected chi connectivity index (χ3v) is 2.40. The lowest BCUT2D eigenvalue weighted by atomic mass is 10.1. The molecule has 0 saturated heterocycles. The van der Waals surface area contributed by atoms with Crippen molar-refractivity contribution in [2.24, 2.45) is 0 Å². The summed E-state index contributed by atoms with van der Waals surface area (Å²) in [6.07, 6.45) is 3.40. The summed E-state index contributed by atoms with van der Waals surface area (Å²) in [6, 6.07) is 3.49. The molecule has 15 heavy (non-hydrogen) atoms. The summed E-state index contributed by atoms with van der Waals surface area (Å²) in [5, 5.41) is 8.95. The van der Waals surface area contributed by atoms with Gasteiger partial charge in [-0.05, 0) is 18.1 Å². The van der Waals surface area contributed by atoms with E-state index in [1.165, 1.54) is 0 Å². The summed E-state index contributed by atoms with van der Waals surface area (Å²) in [4.78, 5) is 15.0. The van der Waals surface area contributed by atoms with Crippen LogP contribution in [0.15, 0.2) is 24.5 Å². The number of carboxylic acid groups (broad SMARTS) is 1. The summed E-state index contributed by atoms with van der Waals surface area (Å²) in [5.41, 5.74) is 1.82. The smallest absolute Gasteiger partial charge is 0.339 e. The standard InChI is InChI=1S/C11H12N2O2/c1-7(2)9-3-5-12-10-8(11(14)15)4-6-13(9)10/h3-7H,1-2H3,(H,14,15). The highest BCUT2D eigenvalue weighted by atomic mass is 16.4. The second-order valence-electron chi connectivity index (χ2n) is 3.75. The number of nitrogens with zero attached hydrogens (tertiary/aromatic N) is 2.